The molecule has 120 valence electrons. The molecule has 0 aliphatic carbocycles. The Balaban J connectivity index is 3.24. The molecule has 5 nitrogen and oxygen atoms in total. The summed E-state index contributed by atoms with van der Waals surface area (Å²) in [5.41, 5.74) is 0.725. The molecule has 1 N–H and O–H groups in total. The van der Waals surface area contributed by atoms with Gasteiger partial charge in [-0.25, -0.2) is 8.42 Å². The van der Waals surface area contributed by atoms with Gasteiger partial charge in [0.1, 0.15) is 16.4 Å². The highest BCUT2D eigenvalue weighted by Gasteiger charge is 2.30. The maximum absolute atomic E-state index is 12.8. The zero-order valence-corrected chi connectivity index (χ0v) is 14.2. The van der Waals surface area contributed by atoms with Crippen LogP contribution in [0.4, 0.5) is 0 Å². The lowest BCUT2D eigenvalue weighted by Crippen LogP contribution is -2.32. The van der Waals surface area contributed by atoms with Gasteiger partial charge in [-0.15, -0.1) is 6.58 Å². The SMILES string of the molecule is C=CCN(CC)S(=O)(=O)c1c(C)oc(C)c1CNCCC. The van der Waals surface area contributed by atoms with Crippen LogP contribution in [0.2, 0.25) is 0 Å². The molecular weight excluding hydrogens is 288 g/mol. The molecule has 1 rings (SSSR count). The lowest BCUT2D eigenvalue weighted by Gasteiger charge is -2.19. The van der Waals surface area contributed by atoms with E-state index in [0.29, 0.717) is 36.1 Å². The van der Waals surface area contributed by atoms with Gasteiger partial charge in [-0.3, -0.25) is 0 Å². The second kappa shape index (κ2) is 7.77. The first kappa shape index (κ1) is 17.9. The fourth-order valence-electron chi connectivity index (χ4n) is 2.31. The molecule has 0 radical (unpaired) electrons. The maximum atomic E-state index is 12.8. The molecule has 0 saturated carbocycles. The van der Waals surface area contributed by atoms with E-state index in [2.05, 4.69) is 18.8 Å². The molecule has 0 saturated heterocycles. The van der Waals surface area contributed by atoms with Crippen molar-refractivity contribution in [1.29, 1.82) is 0 Å². The largest absolute Gasteiger partial charge is 0.465 e. The minimum absolute atomic E-state index is 0.296. The van der Waals surface area contributed by atoms with Gasteiger partial charge in [0.15, 0.2) is 0 Å². The first-order valence-corrected chi connectivity index (χ1v) is 8.74. The van der Waals surface area contributed by atoms with Gasteiger partial charge < -0.3 is 9.73 Å². The molecule has 1 aromatic heterocycles. The van der Waals surface area contributed by atoms with Crippen LogP contribution in [0.25, 0.3) is 0 Å². The quantitative estimate of drug-likeness (QED) is 0.562. The van der Waals surface area contributed by atoms with Crippen molar-refractivity contribution in [2.24, 2.45) is 0 Å². The highest BCUT2D eigenvalue weighted by Crippen LogP contribution is 2.29. The summed E-state index contributed by atoms with van der Waals surface area (Å²) in [6.07, 6.45) is 2.59. The normalized spacial score (nSPS) is 12.0. The number of hydrogen-bond donors (Lipinski definition) is 1. The average molecular weight is 314 g/mol. The van der Waals surface area contributed by atoms with Crippen LogP contribution in [0.5, 0.6) is 0 Å². The van der Waals surface area contributed by atoms with Crippen molar-refractivity contribution >= 4 is 10.0 Å². The molecular formula is C15H26N2O3S. The topological polar surface area (TPSA) is 62.6 Å². The second-order valence-corrected chi connectivity index (χ2v) is 6.82. The smallest absolute Gasteiger partial charge is 0.247 e. The maximum Gasteiger partial charge on any atom is 0.247 e. The minimum atomic E-state index is -3.56. The summed E-state index contributed by atoms with van der Waals surface area (Å²) >= 11 is 0. The van der Waals surface area contributed by atoms with Crippen LogP contribution in [-0.2, 0) is 16.6 Å². The number of furan rings is 1. The van der Waals surface area contributed by atoms with Crippen LogP contribution in [0.15, 0.2) is 22.0 Å². The second-order valence-electron chi connectivity index (χ2n) is 4.94. The minimum Gasteiger partial charge on any atom is -0.465 e. The fourth-order valence-corrected chi connectivity index (χ4v) is 4.14. The number of aryl methyl sites for hydroxylation is 2. The zero-order chi connectivity index (χ0) is 16.0. The first-order valence-electron chi connectivity index (χ1n) is 7.30. The van der Waals surface area contributed by atoms with E-state index in [1.54, 1.807) is 19.9 Å². The molecule has 0 aliphatic heterocycles. The van der Waals surface area contributed by atoms with Crippen LogP contribution in [0.1, 0.15) is 37.4 Å². The molecule has 0 spiro atoms. The number of hydrogen-bond acceptors (Lipinski definition) is 4. The Morgan fingerprint density at radius 3 is 2.48 bits per heavy atom. The average Bonchev–Trinajstić information content (AvgIpc) is 2.71. The van der Waals surface area contributed by atoms with E-state index in [1.165, 1.54) is 4.31 Å². The van der Waals surface area contributed by atoms with Crippen molar-refractivity contribution in [3.8, 4) is 0 Å². The van der Waals surface area contributed by atoms with E-state index in [1.807, 2.05) is 6.92 Å². The Morgan fingerprint density at radius 1 is 1.29 bits per heavy atom. The van der Waals surface area contributed by atoms with Crippen molar-refractivity contribution in [3.05, 3.63) is 29.7 Å². The van der Waals surface area contributed by atoms with Crippen LogP contribution in [-0.4, -0.2) is 32.4 Å². The van der Waals surface area contributed by atoms with Gasteiger partial charge in [-0.1, -0.05) is 19.9 Å². The van der Waals surface area contributed by atoms with Crippen molar-refractivity contribution in [3.63, 3.8) is 0 Å². The summed E-state index contributed by atoms with van der Waals surface area (Å²) in [4.78, 5) is 0.298. The third kappa shape index (κ3) is 3.96. The molecule has 1 aromatic rings. The molecule has 0 atom stereocenters. The summed E-state index contributed by atoms with van der Waals surface area (Å²) in [6, 6.07) is 0. The van der Waals surface area contributed by atoms with Gasteiger partial charge in [-0.2, -0.15) is 4.31 Å². The van der Waals surface area contributed by atoms with Crippen LogP contribution < -0.4 is 5.32 Å². The monoisotopic (exact) mass is 314 g/mol. The van der Waals surface area contributed by atoms with Crippen molar-refractivity contribution < 1.29 is 12.8 Å². The Bertz CT molecular complexity index is 576. The highest BCUT2D eigenvalue weighted by atomic mass is 32.2. The Hall–Kier alpha value is -1.11. The van der Waals surface area contributed by atoms with Crippen molar-refractivity contribution in [2.45, 2.75) is 45.6 Å². The van der Waals surface area contributed by atoms with E-state index in [4.69, 9.17) is 4.42 Å². The van der Waals surface area contributed by atoms with Gasteiger partial charge in [0.2, 0.25) is 10.0 Å². The third-order valence-electron chi connectivity index (χ3n) is 3.34. The summed E-state index contributed by atoms with van der Waals surface area (Å²) in [5.74, 6) is 1.10. The van der Waals surface area contributed by atoms with Crippen LogP contribution >= 0.6 is 0 Å². The number of nitrogens with one attached hydrogen (secondary N) is 1. The third-order valence-corrected chi connectivity index (χ3v) is 5.47. The highest BCUT2D eigenvalue weighted by molar-refractivity contribution is 7.89. The van der Waals surface area contributed by atoms with Crippen molar-refractivity contribution in [2.75, 3.05) is 19.6 Å². The van der Waals surface area contributed by atoms with Crippen LogP contribution in [0, 0.1) is 13.8 Å². The Kier molecular flexibility index (Phi) is 6.64. The number of rotatable bonds is 9. The summed E-state index contributed by atoms with van der Waals surface area (Å²) in [7, 11) is -3.56. The van der Waals surface area contributed by atoms with Gasteiger partial charge in [-0.05, 0) is 26.8 Å². The summed E-state index contributed by atoms with van der Waals surface area (Å²) < 4.78 is 32.6. The van der Waals surface area contributed by atoms with Crippen LogP contribution in [0.3, 0.4) is 0 Å². The predicted molar refractivity (Wildman–Crippen MR) is 84.8 cm³/mol. The molecule has 1 heterocycles. The molecule has 6 heteroatoms. The molecule has 0 amide bonds. The molecule has 21 heavy (non-hydrogen) atoms. The zero-order valence-electron chi connectivity index (χ0n) is 13.4. The van der Waals surface area contributed by atoms with Gasteiger partial charge in [0, 0.05) is 25.2 Å². The van der Waals surface area contributed by atoms with E-state index in [0.717, 1.165) is 18.5 Å². The van der Waals surface area contributed by atoms with E-state index in [-0.39, 0.29) is 0 Å². The van der Waals surface area contributed by atoms with Gasteiger partial charge >= 0.3 is 0 Å². The van der Waals surface area contributed by atoms with Gasteiger partial charge in [0.05, 0.1) is 0 Å². The lowest BCUT2D eigenvalue weighted by molar-refractivity contribution is 0.453. The Morgan fingerprint density at radius 2 is 1.95 bits per heavy atom. The summed E-state index contributed by atoms with van der Waals surface area (Å²) in [5, 5.41) is 3.24. The standard InChI is InChI=1S/C15H26N2O3S/c1-6-9-16-11-14-12(4)20-13(5)15(14)21(18,19)17(8-3)10-7-2/h7,16H,2,6,8-11H2,1,3-5H3. The number of likely N-dealkylation sites (N-methyl/N-ethyl adjacent to an activating group) is 1. The predicted octanol–water partition coefficient (Wildman–Crippen LogP) is 2.59. The van der Waals surface area contributed by atoms with E-state index < -0.39 is 10.0 Å². The fraction of sp³-hybridized carbons (Fsp3) is 0.600. The lowest BCUT2D eigenvalue weighted by atomic mass is 10.2. The molecule has 0 aliphatic rings. The summed E-state index contributed by atoms with van der Waals surface area (Å²) in [6.45, 7) is 13.1. The molecule has 0 fully saturated rings. The number of sulfonamides is 1. The first-order chi connectivity index (χ1) is 9.89. The molecule has 0 unspecified atom stereocenters. The molecule has 0 bridgehead atoms. The van der Waals surface area contributed by atoms with Gasteiger partial charge in [0.25, 0.3) is 0 Å². The van der Waals surface area contributed by atoms with Crippen molar-refractivity contribution in [1.82, 2.24) is 9.62 Å². The number of nitrogens with zero attached hydrogens (tertiary/aromatic N) is 1. The van der Waals surface area contributed by atoms with E-state index in [9.17, 15) is 8.42 Å². The molecule has 0 aromatic carbocycles. The van der Waals surface area contributed by atoms with E-state index >= 15 is 0 Å². The Labute approximate surface area is 128 Å².